The molecule has 4 heteroatoms. The lowest BCUT2D eigenvalue weighted by molar-refractivity contribution is -0.116. The Morgan fingerprint density at radius 1 is 1.24 bits per heavy atom. The molecule has 0 spiro atoms. The number of carbonyl (C=O) groups excluding carboxylic acids is 1. The molecule has 25 heavy (non-hydrogen) atoms. The van der Waals surface area contributed by atoms with Gasteiger partial charge in [0.05, 0.1) is 0 Å². The van der Waals surface area contributed by atoms with E-state index in [0.717, 1.165) is 35.7 Å². The minimum absolute atomic E-state index is 0.188. The summed E-state index contributed by atoms with van der Waals surface area (Å²) in [6, 6.07) is 6.37. The Hall–Kier alpha value is -1.97. The third kappa shape index (κ3) is 5.52. The third-order valence-electron chi connectivity index (χ3n) is 4.83. The molecular formula is C21H31BN2O. The summed E-state index contributed by atoms with van der Waals surface area (Å²) in [6.45, 7) is 16.8. The van der Waals surface area contributed by atoms with Crippen molar-refractivity contribution < 1.29 is 4.79 Å². The summed E-state index contributed by atoms with van der Waals surface area (Å²) in [5, 5.41) is 3.40. The molecule has 1 aromatic carbocycles. The lowest BCUT2D eigenvalue weighted by atomic mass is 9.89. The molecule has 1 aliphatic rings. The van der Waals surface area contributed by atoms with Crippen molar-refractivity contribution in [3.63, 3.8) is 0 Å². The van der Waals surface area contributed by atoms with Gasteiger partial charge in [-0.1, -0.05) is 44.6 Å². The van der Waals surface area contributed by atoms with Crippen LogP contribution in [-0.4, -0.2) is 31.6 Å². The zero-order valence-electron chi connectivity index (χ0n) is 16.2. The van der Waals surface area contributed by atoms with Crippen molar-refractivity contribution in [1.29, 1.82) is 0 Å². The van der Waals surface area contributed by atoms with E-state index < -0.39 is 0 Å². The Kier molecular flexibility index (Phi) is 6.52. The minimum atomic E-state index is 0.188. The Bertz CT molecular complexity index is 658. The number of nitrogens with one attached hydrogen (secondary N) is 1. The van der Waals surface area contributed by atoms with Gasteiger partial charge in [-0.25, -0.2) is 0 Å². The first kappa shape index (κ1) is 19.4. The molecule has 3 nitrogen and oxygen atoms in total. The predicted molar refractivity (Wildman–Crippen MR) is 111 cm³/mol. The molecule has 1 N–H and O–H groups in total. The van der Waals surface area contributed by atoms with Crippen LogP contribution in [0.2, 0.25) is 0 Å². The van der Waals surface area contributed by atoms with E-state index in [1.54, 1.807) is 6.92 Å². The molecule has 0 amide bonds. The van der Waals surface area contributed by atoms with Crippen molar-refractivity contribution in [2.45, 2.75) is 40.0 Å². The Balaban J connectivity index is 2.18. The van der Waals surface area contributed by atoms with Gasteiger partial charge in [-0.05, 0) is 37.7 Å². The number of rotatable bonds is 7. The number of nitrogens with zero attached hydrogens (tertiary/aromatic N) is 1. The molecule has 0 aliphatic carbocycles. The van der Waals surface area contributed by atoms with Crippen LogP contribution in [-0.2, 0) is 4.79 Å². The largest absolute Gasteiger partial charge is 0.371 e. The maximum absolute atomic E-state index is 11.2. The number of carbonyl (C=O) groups is 1. The summed E-state index contributed by atoms with van der Waals surface area (Å²) in [5.41, 5.74) is 5.31. The van der Waals surface area contributed by atoms with E-state index in [1.165, 1.54) is 11.9 Å². The summed E-state index contributed by atoms with van der Waals surface area (Å²) in [6.07, 6.45) is 2.46. The van der Waals surface area contributed by atoms with Gasteiger partial charge in [0, 0.05) is 42.2 Å². The molecule has 0 saturated carbocycles. The molecule has 0 radical (unpaired) electrons. The summed E-state index contributed by atoms with van der Waals surface area (Å²) >= 11 is 0. The fraction of sp³-hybridized carbons (Fsp3) is 0.476. The number of likely N-dealkylation sites (tertiary alicyclic amines) is 1. The van der Waals surface area contributed by atoms with E-state index in [9.17, 15) is 4.79 Å². The molecular weight excluding hydrogens is 307 g/mol. The van der Waals surface area contributed by atoms with Crippen LogP contribution in [0.5, 0.6) is 0 Å². The predicted octanol–water partition coefficient (Wildman–Crippen LogP) is 3.19. The fourth-order valence-electron chi connectivity index (χ4n) is 3.64. The quantitative estimate of drug-likeness (QED) is 0.775. The fourth-order valence-corrected chi connectivity index (χ4v) is 3.64. The molecule has 0 bridgehead atoms. The van der Waals surface area contributed by atoms with Crippen LogP contribution in [0.25, 0.3) is 5.70 Å². The highest BCUT2D eigenvalue weighted by Crippen LogP contribution is 2.31. The lowest BCUT2D eigenvalue weighted by Gasteiger charge is -2.38. The topological polar surface area (TPSA) is 32.3 Å². The summed E-state index contributed by atoms with van der Waals surface area (Å²) in [7, 11) is 2.10. The number of piperidine rings is 1. The number of allylic oxidation sites excluding steroid dienone is 1. The lowest BCUT2D eigenvalue weighted by Crippen LogP contribution is -2.37. The van der Waals surface area contributed by atoms with Crippen molar-refractivity contribution >= 4 is 30.5 Å². The molecule has 1 aromatic rings. The van der Waals surface area contributed by atoms with Crippen LogP contribution in [0.4, 0.5) is 5.69 Å². The van der Waals surface area contributed by atoms with Crippen LogP contribution in [0.1, 0.15) is 45.6 Å². The Morgan fingerprint density at radius 2 is 1.88 bits per heavy atom. The first-order valence-electron chi connectivity index (χ1n) is 9.25. The number of ketones is 1. The first-order valence-corrected chi connectivity index (χ1v) is 9.25. The van der Waals surface area contributed by atoms with Crippen LogP contribution >= 0.6 is 0 Å². The average molecular weight is 338 g/mol. The highest BCUT2D eigenvalue weighted by molar-refractivity contribution is 6.32. The van der Waals surface area contributed by atoms with Crippen LogP contribution < -0.4 is 10.8 Å². The van der Waals surface area contributed by atoms with E-state index in [0.29, 0.717) is 24.7 Å². The summed E-state index contributed by atoms with van der Waals surface area (Å²) in [5.74, 6) is 1.56. The number of Topliss-reactive ketones (excluding diaryl/α,β-unsaturated/α-hetero) is 1. The second kappa shape index (κ2) is 8.42. The third-order valence-corrected chi connectivity index (χ3v) is 4.83. The van der Waals surface area contributed by atoms with Crippen molar-refractivity contribution in [2.24, 2.45) is 11.8 Å². The molecule has 0 aromatic heterocycles. The monoisotopic (exact) mass is 338 g/mol. The van der Waals surface area contributed by atoms with Gasteiger partial charge in [-0.3, -0.25) is 0 Å². The Morgan fingerprint density at radius 3 is 2.48 bits per heavy atom. The molecule has 1 fully saturated rings. The molecule has 1 saturated heterocycles. The molecule has 0 unspecified atom stereocenters. The van der Waals surface area contributed by atoms with E-state index in [-0.39, 0.29) is 5.78 Å². The zero-order chi connectivity index (χ0) is 18.6. The smallest absolute Gasteiger partial charge is 0.139 e. The number of hydrogen-bond donors (Lipinski definition) is 1. The molecule has 1 aliphatic heterocycles. The van der Waals surface area contributed by atoms with Gasteiger partial charge >= 0.3 is 0 Å². The normalized spacial score (nSPS) is 20.2. The van der Waals surface area contributed by atoms with Gasteiger partial charge < -0.3 is 15.0 Å². The maximum Gasteiger partial charge on any atom is 0.139 e. The standard InChI is InChI=1S/C21H31BN2O/c1-14-10-15(2)13-24(12-14)18(5)20-11-19(22)8-9-21(20)23-16(3)6-7-17(4)25/h8-9,11,14-15,23H,3,5-7,10,12-13,22H2,1-2,4H3/t14-,15+. The van der Waals surface area contributed by atoms with Gasteiger partial charge in [-0.2, -0.15) is 0 Å². The Labute approximate surface area is 153 Å². The minimum Gasteiger partial charge on any atom is -0.371 e. The van der Waals surface area contributed by atoms with Gasteiger partial charge in [-0.15, -0.1) is 0 Å². The average Bonchev–Trinajstić information content (AvgIpc) is 2.53. The summed E-state index contributed by atoms with van der Waals surface area (Å²) in [4.78, 5) is 13.6. The van der Waals surface area contributed by atoms with Gasteiger partial charge in [0.25, 0.3) is 0 Å². The number of anilines is 1. The van der Waals surface area contributed by atoms with E-state index in [4.69, 9.17) is 0 Å². The van der Waals surface area contributed by atoms with Crippen molar-refractivity contribution in [1.82, 2.24) is 4.90 Å². The maximum atomic E-state index is 11.2. The number of benzene rings is 1. The second-order valence-corrected chi connectivity index (χ2v) is 7.78. The first-order chi connectivity index (χ1) is 11.8. The van der Waals surface area contributed by atoms with Crippen molar-refractivity contribution in [2.75, 3.05) is 18.4 Å². The zero-order valence-corrected chi connectivity index (χ0v) is 16.2. The van der Waals surface area contributed by atoms with Crippen LogP contribution in [0.15, 0.2) is 37.1 Å². The van der Waals surface area contributed by atoms with Crippen LogP contribution in [0, 0.1) is 11.8 Å². The highest BCUT2D eigenvalue weighted by atomic mass is 16.1. The van der Waals surface area contributed by atoms with Gasteiger partial charge in [0.1, 0.15) is 13.6 Å². The van der Waals surface area contributed by atoms with E-state index in [2.05, 4.69) is 63.3 Å². The van der Waals surface area contributed by atoms with Crippen LogP contribution in [0.3, 0.4) is 0 Å². The van der Waals surface area contributed by atoms with E-state index in [1.807, 2.05) is 0 Å². The SMILES string of the molecule is Bc1ccc(NC(=C)CCC(C)=O)c(C(=C)N2C[C@H](C)C[C@H](C)C2)c1. The molecule has 1 heterocycles. The highest BCUT2D eigenvalue weighted by Gasteiger charge is 2.24. The number of hydrogen-bond acceptors (Lipinski definition) is 3. The molecule has 2 rings (SSSR count). The van der Waals surface area contributed by atoms with Gasteiger partial charge in [0.2, 0.25) is 0 Å². The van der Waals surface area contributed by atoms with Crippen molar-refractivity contribution in [3.8, 4) is 0 Å². The molecule has 134 valence electrons. The molecule has 2 atom stereocenters. The van der Waals surface area contributed by atoms with Gasteiger partial charge in [0.15, 0.2) is 0 Å². The summed E-state index contributed by atoms with van der Waals surface area (Å²) < 4.78 is 0. The van der Waals surface area contributed by atoms with E-state index >= 15 is 0 Å². The van der Waals surface area contributed by atoms with Crippen molar-refractivity contribution in [3.05, 3.63) is 42.6 Å². The second-order valence-electron chi connectivity index (χ2n) is 7.78.